The number of rotatable bonds is 6. The molecule has 0 bridgehead atoms. The molecule has 0 saturated carbocycles. The third-order valence-corrected chi connectivity index (χ3v) is 3.82. The average molecular weight is 287 g/mol. The van der Waals surface area contributed by atoms with E-state index in [1.807, 2.05) is 19.2 Å². The number of hydrogen-bond donors (Lipinski definition) is 1. The van der Waals surface area contributed by atoms with Gasteiger partial charge in [-0.25, -0.2) is 0 Å². The summed E-state index contributed by atoms with van der Waals surface area (Å²) in [4.78, 5) is 4.55. The van der Waals surface area contributed by atoms with Gasteiger partial charge in [0.1, 0.15) is 11.6 Å². The molecule has 2 aromatic rings. The van der Waals surface area contributed by atoms with Gasteiger partial charge in [0.2, 0.25) is 0 Å². The highest BCUT2D eigenvalue weighted by Crippen LogP contribution is 2.22. The maximum Gasteiger partial charge on any atom is 0.147 e. The van der Waals surface area contributed by atoms with Gasteiger partial charge in [-0.15, -0.1) is 10.2 Å². The highest BCUT2D eigenvalue weighted by atomic mass is 15.3. The maximum atomic E-state index is 4.55. The van der Waals surface area contributed by atoms with Crippen LogP contribution in [0.2, 0.25) is 0 Å². The minimum Gasteiger partial charge on any atom is -0.314 e. The van der Waals surface area contributed by atoms with Crippen LogP contribution in [0.5, 0.6) is 0 Å². The summed E-state index contributed by atoms with van der Waals surface area (Å²) in [7, 11) is 0. The van der Waals surface area contributed by atoms with Crippen molar-refractivity contribution in [2.24, 2.45) is 5.92 Å². The van der Waals surface area contributed by atoms with Gasteiger partial charge in [0, 0.05) is 12.7 Å². The van der Waals surface area contributed by atoms with Crippen molar-refractivity contribution in [3.63, 3.8) is 0 Å². The summed E-state index contributed by atoms with van der Waals surface area (Å²) >= 11 is 0. The van der Waals surface area contributed by atoms with Crippen LogP contribution in [0.25, 0.3) is 0 Å². The van der Waals surface area contributed by atoms with Gasteiger partial charge in [-0.2, -0.15) is 0 Å². The number of aromatic nitrogens is 4. The lowest BCUT2D eigenvalue weighted by Gasteiger charge is -2.23. The Kier molecular flexibility index (Phi) is 5.07. The summed E-state index contributed by atoms with van der Waals surface area (Å²) in [5, 5.41) is 12.0. The summed E-state index contributed by atoms with van der Waals surface area (Å²) in [5.41, 5.74) is 2.34. The van der Waals surface area contributed by atoms with Crippen molar-refractivity contribution >= 4 is 0 Å². The van der Waals surface area contributed by atoms with E-state index in [9.17, 15) is 0 Å². The fraction of sp³-hybridized carbons (Fsp3) is 0.562. The van der Waals surface area contributed by atoms with E-state index in [2.05, 4.69) is 58.8 Å². The lowest BCUT2D eigenvalue weighted by atomic mass is 9.97. The molecule has 0 aliphatic heterocycles. The molecule has 0 spiro atoms. The van der Waals surface area contributed by atoms with Gasteiger partial charge in [-0.05, 0) is 38.3 Å². The first kappa shape index (κ1) is 15.6. The average Bonchev–Trinajstić information content (AvgIpc) is 2.81. The zero-order valence-corrected chi connectivity index (χ0v) is 13.6. The Morgan fingerprint density at radius 2 is 2.00 bits per heavy atom. The first-order valence-corrected chi connectivity index (χ1v) is 7.58. The van der Waals surface area contributed by atoms with E-state index in [4.69, 9.17) is 0 Å². The highest BCUT2D eigenvalue weighted by Gasteiger charge is 2.19. The fourth-order valence-corrected chi connectivity index (χ4v) is 2.64. The molecule has 0 aliphatic carbocycles. The smallest absolute Gasteiger partial charge is 0.147 e. The molecular weight excluding hydrogens is 262 g/mol. The van der Waals surface area contributed by atoms with Crippen LogP contribution in [0.15, 0.2) is 18.3 Å². The van der Waals surface area contributed by atoms with Crippen molar-refractivity contribution in [3.8, 4) is 0 Å². The van der Waals surface area contributed by atoms with Crippen molar-refractivity contribution in [1.82, 2.24) is 25.1 Å². The monoisotopic (exact) mass is 287 g/mol. The van der Waals surface area contributed by atoms with Crippen molar-refractivity contribution in [2.75, 3.05) is 0 Å². The summed E-state index contributed by atoms with van der Waals surface area (Å²) in [6, 6.07) is 4.30. The topological polar surface area (TPSA) is 55.6 Å². The summed E-state index contributed by atoms with van der Waals surface area (Å²) in [5.74, 6) is 2.40. The summed E-state index contributed by atoms with van der Waals surface area (Å²) < 4.78 is 2.13. The zero-order chi connectivity index (χ0) is 15.4. The Morgan fingerprint density at radius 1 is 1.24 bits per heavy atom. The second-order valence-corrected chi connectivity index (χ2v) is 5.72. The minimum absolute atomic E-state index is 0.216. The van der Waals surface area contributed by atoms with E-state index < -0.39 is 0 Å². The normalized spacial score (nSPS) is 12.9. The van der Waals surface area contributed by atoms with Gasteiger partial charge >= 0.3 is 0 Å². The molecule has 5 heteroatoms. The molecule has 5 nitrogen and oxygen atoms in total. The molecule has 2 heterocycles. The number of hydrogen-bond acceptors (Lipinski definition) is 4. The van der Waals surface area contributed by atoms with Gasteiger partial charge in [-0.3, -0.25) is 4.98 Å². The number of pyridine rings is 1. The highest BCUT2D eigenvalue weighted by molar-refractivity contribution is 5.21. The molecule has 21 heavy (non-hydrogen) atoms. The Hall–Kier alpha value is -1.75. The van der Waals surface area contributed by atoms with Crippen LogP contribution in [-0.2, 0) is 13.1 Å². The van der Waals surface area contributed by atoms with Crippen LogP contribution in [-0.4, -0.2) is 19.7 Å². The molecule has 0 radical (unpaired) electrons. The van der Waals surface area contributed by atoms with E-state index in [-0.39, 0.29) is 6.04 Å². The van der Waals surface area contributed by atoms with Crippen LogP contribution in [0.3, 0.4) is 0 Å². The molecular formula is C16H25N5. The lowest BCUT2D eigenvalue weighted by Crippen LogP contribution is -2.28. The van der Waals surface area contributed by atoms with E-state index in [0.717, 1.165) is 23.9 Å². The van der Waals surface area contributed by atoms with E-state index >= 15 is 0 Å². The van der Waals surface area contributed by atoms with Gasteiger partial charge < -0.3 is 9.88 Å². The van der Waals surface area contributed by atoms with Crippen LogP contribution in [0.1, 0.15) is 49.7 Å². The molecule has 0 amide bonds. The van der Waals surface area contributed by atoms with Crippen molar-refractivity contribution in [1.29, 1.82) is 0 Å². The first-order valence-electron chi connectivity index (χ1n) is 7.58. The Labute approximate surface area is 126 Å². The number of nitrogens with one attached hydrogen (secondary N) is 1. The Bertz CT molecular complexity index is 588. The lowest BCUT2D eigenvalue weighted by molar-refractivity contribution is 0.392. The molecule has 114 valence electrons. The van der Waals surface area contributed by atoms with Crippen molar-refractivity contribution < 1.29 is 0 Å². The standard InChI is InChI=1S/C16H25N5/c1-6-21-13(5)19-20-14(21)10-18-15(11(2)3)16-12(4)8-7-9-17-16/h7-9,11,15,18H,6,10H2,1-5H3/t15-/m0/s1. The molecule has 1 atom stereocenters. The predicted octanol–water partition coefficient (Wildman–Crippen LogP) is 2.80. The van der Waals surface area contributed by atoms with Crippen molar-refractivity contribution in [2.45, 2.75) is 53.8 Å². The van der Waals surface area contributed by atoms with Crippen LogP contribution < -0.4 is 5.32 Å². The van der Waals surface area contributed by atoms with Crippen molar-refractivity contribution in [3.05, 3.63) is 41.2 Å². The van der Waals surface area contributed by atoms with Crippen LogP contribution in [0, 0.1) is 19.8 Å². The summed E-state index contributed by atoms with van der Waals surface area (Å²) in [6.07, 6.45) is 1.86. The van der Waals surface area contributed by atoms with Gasteiger partial charge in [0.15, 0.2) is 0 Å². The zero-order valence-electron chi connectivity index (χ0n) is 13.6. The van der Waals surface area contributed by atoms with Crippen LogP contribution in [0.4, 0.5) is 0 Å². The van der Waals surface area contributed by atoms with Crippen LogP contribution >= 0.6 is 0 Å². The molecule has 0 fully saturated rings. The molecule has 1 N–H and O–H groups in total. The third-order valence-electron chi connectivity index (χ3n) is 3.82. The second kappa shape index (κ2) is 6.80. The molecule has 0 unspecified atom stereocenters. The molecule has 0 saturated heterocycles. The molecule has 0 aromatic carbocycles. The SMILES string of the molecule is CCn1c(C)nnc1CN[C@H](c1ncccc1C)C(C)C. The first-order chi connectivity index (χ1) is 10.0. The fourth-order valence-electron chi connectivity index (χ4n) is 2.64. The summed E-state index contributed by atoms with van der Waals surface area (Å²) in [6.45, 7) is 12.2. The minimum atomic E-state index is 0.216. The van der Waals surface area contributed by atoms with E-state index in [0.29, 0.717) is 12.5 Å². The third kappa shape index (κ3) is 3.47. The van der Waals surface area contributed by atoms with Gasteiger partial charge in [0.05, 0.1) is 18.3 Å². The van der Waals surface area contributed by atoms with Gasteiger partial charge in [-0.1, -0.05) is 19.9 Å². The molecule has 2 rings (SSSR count). The quantitative estimate of drug-likeness (QED) is 0.887. The number of nitrogens with zero attached hydrogens (tertiary/aromatic N) is 4. The largest absolute Gasteiger partial charge is 0.314 e. The number of aryl methyl sites for hydroxylation is 2. The van der Waals surface area contributed by atoms with E-state index in [1.54, 1.807) is 0 Å². The molecule has 2 aromatic heterocycles. The second-order valence-electron chi connectivity index (χ2n) is 5.72. The Morgan fingerprint density at radius 3 is 2.62 bits per heavy atom. The molecule has 0 aliphatic rings. The van der Waals surface area contributed by atoms with Gasteiger partial charge in [0.25, 0.3) is 0 Å². The van der Waals surface area contributed by atoms with E-state index in [1.165, 1.54) is 5.56 Å². The Balaban J connectivity index is 2.16. The maximum absolute atomic E-state index is 4.55. The predicted molar refractivity (Wildman–Crippen MR) is 83.8 cm³/mol.